The van der Waals surface area contributed by atoms with E-state index >= 15 is 0 Å². The Hall–Kier alpha value is -2.36. The van der Waals surface area contributed by atoms with Gasteiger partial charge in [0.1, 0.15) is 12.4 Å². The normalized spacial score (nSPS) is 10.3. The molecule has 0 radical (unpaired) electrons. The predicted octanol–water partition coefficient (Wildman–Crippen LogP) is 3.23. The molecule has 0 unspecified atom stereocenters. The molecule has 1 aromatic carbocycles. The highest BCUT2D eigenvalue weighted by Gasteiger charge is 2.14. The number of ether oxygens (including phenoxy) is 1. The van der Waals surface area contributed by atoms with Crippen molar-refractivity contribution >= 4 is 5.97 Å². The van der Waals surface area contributed by atoms with Crippen LogP contribution in [-0.2, 0) is 13.0 Å². The Labute approximate surface area is 118 Å². The van der Waals surface area contributed by atoms with E-state index in [2.05, 4.69) is 4.98 Å². The maximum absolute atomic E-state index is 11.3. The van der Waals surface area contributed by atoms with Gasteiger partial charge in [-0.25, -0.2) is 4.79 Å². The standard InChI is InChI=1S/C16H17NO3/c1-3-12-6-4-7-13(16(18)19)14(12)10-20-15-8-5-9-17-11(15)2/h4-9H,3,10H2,1-2H3,(H,18,19). The van der Waals surface area contributed by atoms with Gasteiger partial charge in [-0.15, -0.1) is 0 Å². The van der Waals surface area contributed by atoms with Crippen LogP contribution < -0.4 is 4.74 Å². The lowest BCUT2D eigenvalue weighted by atomic mass is 10.00. The van der Waals surface area contributed by atoms with E-state index in [1.165, 1.54) is 0 Å². The van der Waals surface area contributed by atoms with Gasteiger partial charge in [0, 0.05) is 11.8 Å². The molecular weight excluding hydrogens is 254 g/mol. The minimum absolute atomic E-state index is 0.234. The molecule has 4 nitrogen and oxygen atoms in total. The third-order valence-corrected chi connectivity index (χ3v) is 3.21. The molecule has 0 aliphatic rings. The Morgan fingerprint density at radius 3 is 2.75 bits per heavy atom. The van der Waals surface area contributed by atoms with Crippen LogP contribution in [0.2, 0.25) is 0 Å². The number of carboxylic acid groups (broad SMARTS) is 1. The van der Waals surface area contributed by atoms with Crippen molar-refractivity contribution in [2.75, 3.05) is 0 Å². The monoisotopic (exact) mass is 271 g/mol. The Bertz CT molecular complexity index is 623. The highest BCUT2D eigenvalue weighted by Crippen LogP contribution is 2.20. The van der Waals surface area contributed by atoms with E-state index < -0.39 is 5.97 Å². The highest BCUT2D eigenvalue weighted by atomic mass is 16.5. The quantitative estimate of drug-likeness (QED) is 0.907. The van der Waals surface area contributed by atoms with Crippen molar-refractivity contribution in [2.24, 2.45) is 0 Å². The van der Waals surface area contributed by atoms with Gasteiger partial charge in [0.15, 0.2) is 0 Å². The second kappa shape index (κ2) is 6.19. The first-order valence-corrected chi connectivity index (χ1v) is 6.52. The molecule has 0 amide bonds. The highest BCUT2D eigenvalue weighted by molar-refractivity contribution is 5.89. The molecule has 1 aromatic heterocycles. The van der Waals surface area contributed by atoms with Crippen LogP contribution in [0.1, 0.15) is 34.1 Å². The lowest BCUT2D eigenvalue weighted by molar-refractivity contribution is 0.0693. The Morgan fingerprint density at radius 2 is 2.10 bits per heavy atom. The lowest BCUT2D eigenvalue weighted by Gasteiger charge is -2.13. The van der Waals surface area contributed by atoms with Gasteiger partial charge in [-0.2, -0.15) is 0 Å². The van der Waals surface area contributed by atoms with Gasteiger partial charge < -0.3 is 9.84 Å². The Balaban J connectivity index is 2.29. The number of aromatic carboxylic acids is 1. The smallest absolute Gasteiger partial charge is 0.336 e. The van der Waals surface area contributed by atoms with Crippen molar-refractivity contribution in [3.63, 3.8) is 0 Å². The fourth-order valence-corrected chi connectivity index (χ4v) is 2.11. The molecular formula is C16H17NO3. The maximum Gasteiger partial charge on any atom is 0.336 e. The van der Waals surface area contributed by atoms with Crippen LogP contribution in [0.15, 0.2) is 36.5 Å². The number of aryl methyl sites for hydroxylation is 2. The average Bonchev–Trinajstić information content (AvgIpc) is 2.46. The van der Waals surface area contributed by atoms with Gasteiger partial charge in [0.05, 0.1) is 11.3 Å². The van der Waals surface area contributed by atoms with Crippen LogP contribution in [0.5, 0.6) is 5.75 Å². The van der Waals surface area contributed by atoms with Crippen LogP contribution in [-0.4, -0.2) is 16.1 Å². The van der Waals surface area contributed by atoms with Gasteiger partial charge in [0.25, 0.3) is 0 Å². The molecule has 4 heteroatoms. The van der Waals surface area contributed by atoms with Crippen LogP contribution in [0.4, 0.5) is 0 Å². The summed E-state index contributed by atoms with van der Waals surface area (Å²) in [5, 5.41) is 9.27. The molecule has 1 N–H and O–H groups in total. The van der Waals surface area contributed by atoms with Crippen molar-refractivity contribution in [3.8, 4) is 5.75 Å². The van der Waals surface area contributed by atoms with E-state index in [-0.39, 0.29) is 6.61 Å². The second-order valence-electron chi connectivity index (χ2n) is 4.48. The first-order valence-electron chi connectivity index (χ1n) is 6.52. The van der Waals surface area contributed by atoms with E-state index in [0.717, 1.165) is 23.2 Å². The summed E-state index contributed by atoms with van der Waals surface area (Å²) >= 11 is 0. The zero-order chi connectivity index (χ0) is 14.5. The average molecular weight is 271 g/mol. The predicted molar refractivity (Wildman–Crippen MR) is 76.1 cm³/mol. The van der Waals surface area contributed by atoms with Gasteiger partial charge in [-0.1, -0.05) is 19.1 Å². The van der Waals surface area contributed by atoms with E-state index in [0.29, 0.717) is 11.3 Å². The van der Waals surface area contributed by atoms with Crippen molar-refractivity contribution in [1.82, 2.24) is 4.98 Å². The van der Waals surface area contributed by atoms with E-state index in [9.17, 15) is 9.90 Å². The van der Waals surface area contributed by atoms with Crippen LogP contribution in [0, 0.1) is 6.92 Å². The van der Waals surface area contributed by atoms with Crippen LogP contribution in [0.25, 0.3) is 0 Å². The molecule has 0 saturated heterocycles. The lowest BCUT2D eigenvalue weighted by Crippen LogP contribution is -2.09. The second-order valence-corrected chi connectivity index (χ2v) is 4.48. The van der Waals surface area contributed by atoms with Gasteiger partial charge in [-0.3, -0.25) is 4.98 Å². The number of hydrogen-bond acceptors (Lipinski definition) is 3. The van der Waals surface area contributed by atoms with Gasteiger partial charge in [-0.05, 0) is 37.1 Å². The summed E-state index contributed by atoms with van der Waals surface area (Å²) < 4.78 is 5.73. The summed E-state index contributed by atoms with van der Waals surface area (Å²) in [4.78, 5) is 15.5. The number of nitrogens with zero attached hydrogens (tertiary/aromatic N) is 1. The number of hydrogen-bond donors (Lipinski definition) is 1. The zero-order valence-electron chi connectivity index (χ0n) is 11.6. The molecule has 104 valence electrons. The maximum atomic E-state index is 11.3. The van der Waals surface area contributed by atoms with Gasteiger partial charge >= 0.3 is 5.97 Å². The van der Waals surface area contributed by atoms with E-state index in [4.69, 9.17) is 4.74 Å². The molecule has 0 bridgehead atoms. The number of carbonyl (C=O) groups is 1. The van der Waals surface area contributed by atoms with Crippen LogP contribution in [0.3, 0.4) is 0 Å². The summed E-state index contributed by atoms with van der Waals surface area (Å²) in [7, 11) is 0. The molecule has 0 fully saturated rings. The van der Waals surface area contributed by atoms with E-state index in [1.807, 2.05) is 26.0 Å². The first kappa shape index (κ1) is 14.1. The molecule has 0 spiro atoms. The molecule has 1 heterocycles. The molecule has 0 aliphatic carbocycles. The molecule has 0 aliphatic heterocycles. The number of rotatable bonds is 5. The molecule has 0 saturated carbocycles. The van der Waals surface area contributed by atoms with Crippen LogP contribution >= 0.6 is 0 Å². The minimum Gasteiger partial charge on any atom is -0.487 e. The van der Waals surface area contributed by atoms with Crippen molar-refractivity contribution in [1.29, 1.82) is 0 Å². The largest absolute Gasteiger partial charge is 0.487 e. The van der Waals surface area contributed by atoms with Crippen molar-refractivity contribution in [2.45, 2.75) is 26.9 Å². The molecule has 2 aromatic rings. The van der Waals surface area contributed by atoms with Gasteiger partial charge in [0.2, 0.25) is 0 Å². The van der Waals surface area contributed by atoms with E-state index in [1.54, 1.807) is 24.4 Å². The first-order chi connectivity index (χ1) is 9.63. The Morgan fingerprint density at radius 1 is 1.30 bits per heavy atom. The van der Waals surface area contributed by atoms with Crippen molar-refractivity contribution in [3.05, 3.63) is 58.9 Å². The summed E-state index contributed by atoms with van der Waals surface area (Å²) in [5.74, 6) is -0.253. The fourth-order valence-electron chi connectivity index (χ4n) is 2.11. The number of benzene rings is 1. The molecule has 20 heavy (non-hydrogen) atoms. The third kappa shape index (κ3) is 2.96. The molecule has 2 rings (SSSR count). The SMILES string of the molecule is CCc1cccc(C(=O)O)c1COc1cccnc1C. The minimum atomic E-state index is -0.929. The summed E-state index contributed by atoms with van der Waals surface area (Å²) in [6.07, 6.45) is 2.47. The Kier molecular flexibility index (Phi) is 4.35. The number of aromatic nitrogens is 1. The van der Waals surface area contributed by atoms with Crippen molar-refractivity contribution < 1.29 is 14.6 Å². The summed E-state index contributed by atoms with van der Waals surface area (Å²) in [6.45, 7) is 4.09. The summed E-state index contributed by atoms with van der Waals surface area (Å²) in [6, 6.07) is 8.93. The summed E-state index contributed by atoms with van der Waals surface area (Å²) in [5.41, 5.74) is 2.81. The third-order valence-electron chi connectivity index (χ3n) is 3.21. The number of pyridine rings is 1. The fraction of sp³-hybridized carbons (Fsp3) is 0.250. The molecule has 0 atom stereocenters. The zero-order valence-corrected chi connectivity index (χ0v) is 11.6. The number of carboxylic acids is 1. The topological polar surface area (TPSA) is 59.4 Å².